The van der Waals surface area contributed by atoms with Gasteiger partial charge in [0.05, 0.1) is 59.9 Å². The van der Waals surface area contributed by atoms with Crippen LogP contribution in [0.1, 0.15) is 51.8 Å². The fourth-order valence-electron chi connectivity index (χ4n) is 4.59. The quantitative estimate of drug-likeness (QED) is 0.278. The number of carbonyl (C=O) groups excluding carboxylic acids is 1. The Morgan fingerprint density at radius 2 is 1.66 bits per heavy atom. The number of ether oxygens (including phenoxy) is 5. The fraction of sp³-hybridized carbons (Fsp3) is 0.367. The molecular weight excluding hydrogens is 612 g/mol. The molecule has 41 heavy (non-hydrogen) atoms. The van der Waals surface area contributed by atoms with Crippen LogP contribution < -0.4 is 33.8 Å². The molecule has 1 aliphatic rings. The molecular formula is C30H33BrN2O7S. The molecule has 0 amide bonds. The molecule has 4 rings (SSSR count). The minimum absolute atomic E-state index is 0.187. The molecule has 218 valence electrons. The Bertz CT molecular complexity index is 1660. The first-order valence-electron chi connectivity index (χ1n) is 13.4. The Labute approximate surface area is 250 Å². The molecule has 2 aromatic carbocycles. The highest BCUT2D eigenvalue weighted by Gasteiger charge is 2.34. The zero-order chi connectivity index (χ0) is 29.7. The molecule has 3 aromatic rings. The van der Waals surface area contributed by atoms with Gasteiger partial charge in [0.25, 0.3) is 5.56 Å². The van der Waals surface area contributed by atoms with Gasteiger partial charge in [0.15, 0.2) is 16.3 Å². The van der Waals surface area contributed by atoms with Crippen molar-refractivity contribution in [3.8, 4) is 23.0 Å². The average Bonchev–Trinajstić information content (AvgIpc) is 3.24. The van der Waals surface area contributed by atoms with Crippen molar-refractivity contribution in [3.63, 3.8) is 0 Å². The van der Waals surface area contributed by atoms with Gasteiger partial charge in [-0.2, -0.15) is 0 Å². The molecule has 0 saturated heterocycles. The van der Waals surface area contributed by atoms with E-state index in [1.165, 1.54) is 15.9 Å². The van der Waals surface area contributed by atoms with Gasteiger partial charge >= 0.3 is 5.97 Å². The SMILES string of the molecule is CCOC(=O)C1=C(C)N=c2s/c(=C\c3cc(Br)c(OCC)cc3OCC)c(=O)n2[C@H]1c1ccc(OC)c(OCC)c1. The standard InChI is InChI=1S/C30H33BrN2O7S/c1-7-37-22-16-23(38-8-2)20(31)13-19(22)15-25-28(34)33-27(18-11-12-21(36-6)24(14-18)39-9-3)26(29(35)40-10-4)17(5)32-30(33)41-25/h11-16,27H,7-10H2,1-6H3/b25-15-/t27-/m0/s1. The number of carbonyl (C=O) groups is 1. The molecule has 0 bridgehead atoms. The van der Waals surface area contributed by atoms with E-state index in [0.29, 0.717) is 69.0 Å². The number of aromatic nitrogens is 1. The van der Waals surface area contributed by atoms with Gasteiger partial charge in [-0.3, -0.25) is 9.36 Å². The number of benzene rings is 2. The summed E-state index contributed by atoms with van der Waals surface area (Å²) in [5.74, 6) is 1.75. The third kappa shape index (κ3) is 6.20. The van der Waals surface area contributed by atoms with Gasteiger partial charge in [-0.05, 0) is 80.4 Å². The van der Waals surface area contributed by atoms with Gasteiger partial charge in [-0.25, -0.2) is 9.79 Å². The topological polar surface area (TPSA) is 97.6 Å². The lowest BCUT2D eigenvalue weighted by atomic mass is 9.95. The lowest BCUT2D eigenvalue weighted by Crippen LogP contribution is -2.40. The number of allylic oxidation sites excluding steroid dienone is 1. The molecule has 1 atom stereocenters. The second-order valence-corrected chi connectivity index (χ2v) is 10.7. The summed E-state index contributed by atoms with van der Waals surface area (Å²) >= 11 is 4.80. The van der Waals surface area contributed by atoms with Crippen molar-refractivity contribution < 1.29 is 28.5 Å². The Balaban J connectivity index is 1.96. The number of hydrogen-bond donors (Lipinski definition) is 0. The fourth-order valence-corrected chi connectivity index (χ4v) is 6.10. The van der Waals surface area contributed by atoms with Crippen molar-refractivity contribution in [2.75, 3.05) is 33.5 Å². The van der Waals surface area contributed by atoms with Crippen molar-refractivity contribution in [1.29, 1.82) is 0 Å². The third-order valence-corrected chi connectivity index (χ3v) is 7.87. The molecule has 0 radical (unpaired) electrons. The lowest BCUT2D eigenvalue weighted by molar-refractivity contribution is -0.139. The van der Waals surface area contributed by atoms with Crippen LogP contribution >= 0.6 is 27.3 Å². The number of thiazole rings is 1. The van der Waals surface area contributed by atoms with Crippen LogP contribution in [0.3, 0.4) is 0 Å². The van der Waals surface area contributed by atoms with Crippen molar-refractivity contribution in [1.82, 2.24) is 4.57 Å². The molecule has 1 aromatic heterocycles. The van der Waals surface area contributed by atoms with E-state index in [0.717, 1.165) is 4.47 Å². The zero-order valence-corrected chi connectivity index (χ0v) is 26.3. The lowest BCUT2D eigenvalue weighted by Gasteiger charge is -2.25. The van der Waals surface area contributed by atoms with E-state index < -0.39 is 12.0 Å². The van der Waals surface area contributed by atoms with Crippen LogP contribution in [-0.4, -0.2) is 44.1 Å². The first-order valence-corrected chi connectivity index (χ1v) is 15.0. The molecule has 1 aliphatic heterocycles. The van der Waals surface area contributed by atoms with Crippen molar-refractivity contribution in [2.45, 2.75) is 40.7 Å². The van der Waals surface area contributed by atoms with Gasteiger partial charge in [-0.1, -0.05) is 17.4 Å². The highest BCUT2D eigenvalue weighted by molar-refractivity contribution is 9.10. The molecule has 0 saturated carbocycles. The molecule has 2 heterocycles. The number of esters is 1. The first kappa shape index (κ1) is 30.4. The van der Waals surface area contributed by atoms with E-state index >= 15 is 0 Å². The van der Waals surface area contributed by atoms with Crippen LogP contribution in [0.4, 0.5) is 0 Å². The highest BCUT2D eigenvalue weighted by atomic mass is 79.9. The second-order valence-electron chi connectivity index (χ2n) is 8.83. The van der Waals surface area contributed by atoms with Gasteiger partial charge < -0.3 is 23.7 Å². The second kappa shape index (κ2) is 13.4. The molecule has 0 spiro atoms. The largest absolute Gasteiger partial charge is 0.493 e. The van der Waals surface area contributed by atoms with Crippen LogP contribution in [0.2, 0.25) is 0 Å². The minimum atomic E-state index is -0.781. The summed E-state index contributed by atoms with van der Waals surface area (Å²) in [5.41, 5.74) is 1.84. The molecule has 11 heteroatoms. The molecule has 0 N–H and O–H groups in total. The van der Waals surface area contributed by atoms with E-state index in [9.17, 15) is 9.59 Å². The van der Waals surface area contributed by atoms with Crippen LogP contribution in [0.25, 0.3) is 6.08 Å². The molecule has 0 unspecified atom stereocenters. The van der Waals surface area contributed by atoms with Crippen LogP contribution in [0.15, 0.2) is 55.9 Å². The average molecular weight is 646 g/mol. The number of methoxy groups -OCH3 is 1. The Hall–Kier alpha value is -3.57. The summed E-state index contributed by atoms with van der Waals surface area (Å²) in [6.45, 7) is 10.7. The number of hydrogen-bond acceptors (Lipinski definition) is 9. The number of halogens is 1. The predicted octanol–water partition coefficient (Wildman–Crippen LogP) is 4.77. The summed E-state index contributed by atoms with van der Waals surface area (Å²) in [6.07, 6.45) is 1.77. The number of nitrogens with zero attached hydrogens (tertiary/aromatic N) is 2. The van der Waals surface area contributed by atoms with Crippen molar-refractivity contribution in [3.05, 3.63) is 76.9 Å². The predicted molar refractivity (Wildman–Crippen MR) is 161 cm³/mol. The normalized spacial score (nSPS) is 14.8. The monoisotopic (exact) mass is 644 g/mol. The maximum absolute atomic E-state index is 14.1. The summed E-state index contributed by atoms with van der Waals surface area (Å²) in [4.78, 5) is 32.4. The van der Waals surface area contributed by atoms with Crippen LogP contribution in [0.5, 0.6) is 23.0 Å². The summed E-state index contributed by atoms with van der Waals surface area (Å²) in [6, 6.07) is 8.25. The van der Waals surface area contributed by atoms with Crippen LogP contribution in [0, 0.1) is 0 Å². The summed E-state index contributed by atoms with van der Waals surface area (Å²) in [5, 5.41) is 0. The molecule has 0 aliphatic carbocycles. The smallest absolute Gasteiger partial charge is 0.338 e. The van der Waals surface area contributed by atoms with Gasteiger partial charge in [0.2, 0.25) is 0 Å². The Morgan fingerprint density at radius 3 is 2.32 bits per heavy atom. The van der Waals surface area contributed by atoms with E-state index in [1.807, 2.05) is 32.9 Å². The zero-order valence-electron chi connectivity index (χ0n) is 23.9. The maximum Gasteiger partial charge on any atom is 0.338 e. The van der Waals surface area contributed by atoms with E-state index in [4.69, 9.17) is 23.7 Å². The summed E-state index contributed by atoms with van der Waals surface area (Å²) < 4.78 is 31.0. The van der Waals surface area contributed by atoms with E-state index in [2.05, 4.69) is 20.9 Å². The molecule has 0 fully saturated rings. The Kier molecular flexibility index (Phi) is 9.93. The Morgan fingerprint density at radius 1 is 0.976 bits per heavy atom. The highest BCUT2D eigenvalue weighted by Crippen LogP contribution is 2.37. The van der Waals surface area contributed by atoms with Crippen molar-refractivity contribution in [2.24, 2.45) is 4.99 Å². The van der Waals surface area contributed by atoms with Crippen molar-refractivity contribution >= 4 is 39.3 Å². The van der Waals surface area contributed by atoms with Gasteiger partial charge in [-0.15, -0.1) is 0 Å². The molecule has 9 nitrogen and oxygen atoms in total. The third-order valence-electron chi connectivity index (χ3n) is 6.27. The number of fused-ring (bicyclic) bond motifs is 1. The van der Waals surface area contributed by atoms with E-state index in [1.54, 1.807) is 45.2 Å². The van der Waals surface area contributed by atoms with Gasteiger partial charge in [0, 0.05) is 11.6 Å². The first-order chi connectivity index (χ1) is 19.8. The minimum Gasteiger partial charge on any atom is -0.493 e. The number of rotatable bonds is 11. The van der Waals surface area contributed by atoms with E-state index in [-0.39, 0.29) is 17.7 Å². The van der Waals surface area contributed by atoms with Crippen LogP contribution in [-0.2, 0) is 9.53 Å². The summed E-state index contributed by atoms with van der Waals surface area (Å²) in [7, 11) is 1.56. The maximum atomic E-state index is 14.1. The van der Waals surface area contributed by atoms with Gasteiger partial charge in [0.1, 0.15) is 11.5 Å².